The van der Waals surface area contributed by atoms with Gasteiger partial charge in [-0.3, -0.25) is 14.9 Å². The van der Waals surface area contributed by atoms with Crippen molar-refractivity contribution in [2.75, 3.05) is 18.0 Å². The first kappa shape index (κ1) is 22.7. The van der Waals surface area contributed by atoms with Crippen LogP contribution in [-0.2, 0) is 13.1 Å². The molecule has 4 aromatic rings. The molecule has 0 unspecified atom stereocenters. The second-order valence-electron chi connectivity index (χ2n) is 8.70. The number of aromatic nitrogens is 4. The molecule has 0 spiro atoms. The molecule has 1 saturated heterocycles. The lowest BCUT2D eigenvalue weighted by atomic mass is 10.0. The van der Waals surface area contributed by atoms with Gasteiger partial charge < -0.3 is 15.5 Å². The molecule has 2 aromatic carbocycles. The highest BCUT2D eigenvalue weighted by molar-refractivity contribution is 5.94. The van der Waals surface area contributed by atoms with Crippen LogP contribution in [0.5, 0.6) is 0 Å². The quantitative estimate of drug-likeness (QED) is 0.367. The van der Waals surface area contributed by atoms with E-state index in [9.17, 15) is 4.79 Å². The number of hydrogen-bond acceptors (Lipinski definition) is 6. The fourth-order valence-electron chi connectivity index (χ4n) is 4.28. The average molecular weight is 468 g/mol. The zero-order valence-corrected chi connectivity index (χ0v) is 19.5. The van der Waals surface area contributed by atoms with E-state index in [0.29, 0.717) is 24.7 Å². The molecule has 0 saturated carbocycles. The van der Waals surface area contributed by atoms with Gasteiger partial charge in [0, 0.05) is 54.9 Å². The van der Waals surface area contributed by atoms with Crippen molar-refractivity contribution >= 4 is 11.6 Å². The summed E-state index contributed by atoms with van der Waals surface area (Å²) in [5.41, 5.74) is 3.81. The summed E-state index contributed by atoms with van der Waals surface area (Å²) < 4.78 is 0. The Kier molecular flexibility index (Phi) is 7.10. The van der Waals surface area contributed by atoms with Gasteiger partial charge in [-0.05, 0) is 48.7 Å². The van der Waals surface area contributed by atoms with E-state index in [-0.39, 0.29) is 5.91 Å². The van der Waals surface area contributed by atoms with E-state index in [0.717, 1.165) is 54.4 Å². The second kappa shape index (κ2) is 10.9. The highest BCUT2D eigenvalue weighted by Crippen LogP contribution is 2.21. The number of benzene rings is 2. The highest BCUT2D eigenvalue weighted by Gasteiger charge is 2.20. The lowest BCUT2D eigenvalue weighted by Crippen LogP contribution is -2.42. The zero-order valence-electron chi connectivity index (χ0n) is 19.5. The maximum atomic E-state index is 12.5. The van der Waals surface area contributed by atoms with Gasteiger partial charge in [-0.25, -0.2) is 4.98 Å². The van der Waals surface area contributed by atoms with Gasteiger partial charge in [0.15, 0.2) is 5.82 Å². The summed E-state index contributed by atoms with van der Waals surface area (Å²) in [6.45, 7) is 3.08. The minimum Gasteiger partial charge on any atom is -0.371 e. The molecule has 0 bridgehead atoms. The normalized spacial score (nSPS) is 14.1. The smallest absolute Gasteiger partial charge is 0.251 e. The number of amides is 1. The third-order valence-electron chi connectivity index (χ3n) is 6.29. The molecule has 35 heavy (non-hydrogen) atoms. The van der Waals surface area contributed by atoms with Crippen LogP contribution in [0.3, 0.4) is 0 Å². The highest BCUT2D eigenvalue weighted by atomic mass is 16.1. The van der Waals surface area contributed by atoms with Crippen LogP contribution in [0.4, 0.5) is 5.69 Å². The number of aromatic amines is 1. The van der Waals surface area contributed by atoms with Gasteiger partial charge in [0.25, 0.3) is 5.91 Å². The molecule has 8 nitrogen and oxygen atoms in total. The van der Waals surface area contributed by atoms with Crippen molar-refractivity contribution in [1.82, 2.24) is 30.8 Å². The van der Waals surface area contributed by atoms with Gasteiger partial charge in [0.2, 0.25) is 0 Å². The Labute approximate surface area is 204 Å². The average Bonchev–Trinajstić information content (AvgIpc) is 3.41. The summed E-state index contributed by atoms with van der Waals surface area (Å²) in [5, 5.41) is 13.9. The molecular weight excluding hydrogens is 438 g/mol. The zero-order chi connectivity index (χ0) is 23.9. The van der Waals surface area contributed by atoms with E-state index in [1.54, 1.807) is 12.4 Å². The van der Waals surface area contributed by atoms with E-state index in [4.69, 9.17) is 0 Å². The Balaban J connectivity index is 1.07. The first-order valence-electron chi connectivity index (χ1n) is 12.0. The number of nitrogens with zero attached hydrogens (tertiary/aromatic N) is 4. The maximum Gasteiger partial charge on any atom is 0.251 e. The second-order valence-corrected chi connectivity index (χ2v) is 8.70. The largest absolute Gasteiger partial charge is 0.371 e. The van der Waals surface area contributed by atoms with Crippen molar-refractivity contribution < 1.29 is 4.79 Å². The molecule has 3 N–H and O–H groups in total. The fourth-order valence-corrected chi connectivity index (χ4v) is 4.28. The summed E-state index contributed by atoms with van der Waals surface area (Å²) in [5.74, 6) is 1.50. The number of anilines is 1. The van der Waals surface area contributed by atoms with E-state index in [1.807, 2.05) is 66.7 Å². The van der Waals surface area contributed by atoms with Crippen molar-refractivity contribution in [1.29, 1.82) is 0 Å². The van der Waals surface area contributed by atoms with Crippen molar-refractivity contribution in [3.8, 4) is 11.4 Å². The number of hydrogen-bond donors (Lipinski definition) is 3. The molecule has 8 heteroatoms. The number of carbonyl (C=O) groups is 1. The molecular formula is C27H29N7O. The van der Waals surface area contributed by atoms with Crippen LogP contribution in [0.1, 0.15) is 34.6 Å². The van der Waals surface area contributed by atoms with Crippen LogP contribution in [0.2, 0.25) is 0 Å². The third-order valence-corrected chi connectivity index (χ3v) is 6.29. The summed E-state index contributed by atoms with van der Waals surface area (Å²) >= 11 is 0. The van der Waals surface area contributed by atoms with Crippen LogP contribution in [0.15, 0.2) is 79.1 Å². The number of rotatable bonds is 8. The molecule has 1 aliphatic heterocycles. The fraction of sp³-hybridized carbons (Fsp3) is 0.259. The summed E-state index contributed by atoms with van der Waals surface area (Å²) in [6.07, 6.45) is 5.58. The monoisotopic (exact) mass is 467 g/mol. The Hall–Kier alpha value is -4.04. The molecule has 0 atom stereocenters. The molecule has 0 radical (unpaired) electrons. The van der Waals surface area contributed by atoms with Crippen molar-refractivity contribution in [2.24, 2.45) is 0 Å². The molecule has 5 rings (SSSR count). The maximum absolute atomic E-state index is 12.5. The topological polar surface area (TPSA) is 98.8 Å². The number of H-pyrrole nitrogens is 1. The first-order chi connectivity index (χ1) is 17.2. The molecule has 2 aromatic heterocycles. The van der Waals surface area contributed by atoms with Gasteiger partial charge in [-0.1, -0.05) is 36.4 Å². The summed E-state index contributed by atoms with van der Waals surface area (Å²) in [7, 11) is 0. The molecule has 3 heterocycles. The number of carbonyl (C=O) groups excluding carboxylic acids is 1. The van der Waals surface area contributed by atoms with E-state index < -0.39 is 0 Å². The lowest BCUT2D eigenvalue weighted by molar-refractivity contribution is 0.0951. The summed E-state index contributed by atoms with van der Waals surface area (Å²) in [6, 6.07) is 22.1. The van der Waals surface area contributed by atoms with Gasteiger partial charge in [0.05, 0.1) is 6.54 Å². The van der Waals surface area contributed by atoms with Crippen molar-refractivity contribution in [3.63, 3.8) is 0 Å². The van der Waals surface area contributed by atoms with Crippen LogP contribution in [-0.4, -0.2) is 45.2 Å². The van der Waals surface area contributed by atoms with Crippen molar-refractivity contribution in [3.05, 3.63) is 96.1 Å². The predicted octanol–water partition coefficient (Wildman–Crippen LogP) is 3.56. The van der Waals surface area contributed by atoms with E-state index >= 15 is 0 Å². The van der Waals surface area contributed by atoms with Gasteiger partial charge in [-0.15, -0.1) is 0 Å². The van der Waals surface area contributed by atoms with Gasteiger partial charge >= 0.3 is 0 Å². The van der Waals surface area contributed by atoms with Gasteiger partial charge in [-0.2, -0.15) is 5.10 Å². The summed E-state index contributed by atoms with van der Waals surface area (Å²) in [4.78, 5) is 23.5. The van der Waals surface area contributed by atoms with Crippen LogP contribution < -0.4 is 15.5 Å². The first-order valence-corrected chi connectivity index (χ1v) is 12.0. The Morgan fingerprint density at radius 1 is 0.971 bits per heavy atom. The standard InChI is InChI=1S/C27H29N7O/c35-27(30-18-20-5-4-14-28-17-20)22-8-10-24(11-9-22)34-15-12-23(13-16-34)29-19-25-31-26(33-32-25)21-6-2-1-3-7-21/h1-11,14,17,23,29H,12-13,15-16,18-19H2,(H,30,35)(H,31,32,33). The number of piperidine rings is 1. The third kappa shape index (κ3) is 5.91. The molecule has 0 aliphatic carbocycles. The van der Waals surface area contributed by atoms with Crippen LogP contribution in [0.25, 0.3) is 11.4 Å². The Bertz CT molecular complexity index is 1220. The Morgan fingerprint density at radius 3 is 2.51 bits per heavy atom. The number of nitrogens with one attached hydrogen (secondary N) is 3. The molecule has 1 aliphatic rings. The molecule has 1 amide bonds. The predicted molar refractivity (Wildman–Crippen MR) is 136 cm³/mol. The van der Waals surface area contributed by atoms with Crippen molar-refractivity contribution in [2.45, 2.75) is 32.0 Å². The SMILES string of the molecule is O=C(NCc1cccnc1)c1ccc(N2CCC(NCc3nc(-c4ccccc4)n[nH]3)CC2)cc1. The Morgan fingerprint density at radius 2 is 1.77 bits per heavy atom. The van der Waals surface area contributed by atoms with E-state index in [1.165, 1.54) is 0 Å². The van der Waals surface area contributed by atoms with E-state index in [2.05, 4.69) is 35.7 Å². The number of pyridine rings is 1. The van der Waals surface area contributed by atoms with Crippen LogP contribution in [0, 0.1) is 0 Å². The lowest BCUT2D eigenvalue weighted by Gasteiger charge is -2.34. The van der Waals surface area contributed by atoms with Gasteiger partial charge in [0.1, 0.15) is 5.82 Å². The molecule has 1 fully saturated rings. The minimum absolute atomic E-state index is 0.0776. The van der Waals surface area contributed by atoms with Crippen LogP contribution >= 0.6 is 0 Å². The minimum atomic E-state index is -0.0776. The molecule has 178 valence electrons.